The lowest BCUT2D eigenvalue weighted by Crippen LogP contribution is -2.33. The van der Waals surface area contributed by atoms with Crippen molar-refractivity contribution in [1.29, 1.82) is 0 Å². The molecule has 2 aromatic rings. The Morgan fingerprint density at radius 3 is 2.85 bits per heavy atom. The second-order valence-corrected chi connectivity index (χ2v) is 4.45. The lowest BCUT2D eigenvalue weighted by atomic mass is 10.1. The topological polar surface area (TPSA) is 57.2 Å². The Bertz CT molecular complexity index is 607. The molecular formula is C15H19ClN2O2. The quantitative estimate of drug-likeness (QED) is 0.680. The van der Waals surface area contributed by atoms with E-state index < -0.39 is 6.04 Å². The predicted molar refractivity (Wildman–Crippen MR) is 83.1 cm³/mol. The maximum Gasteiger partial charge on any atom is 0.322 e. The van der Waals surface area contributed by atoms with Crippen LogP contribution in [-0.4, -0.2) is 23.7 Å². The predicted octanol–water partition coefficient (Wildman–Crippen LogP) is 2.29. The number of hydrogen-bond donors (Lipinski definition) is 1. The Labute approximate surface area is 124 Å². The van der Waals surface area contributed by atoms with Crippen molar-refractivity contribution in [3.63, 3.8) is 0 Å². The number of allylic oxidation sites excluding steroid dienone is 1. The highest BCUT2D eigenvalue weighted by molar-refractivity contribution is 5.85. The van der Waals surface area contributed by atoms with Gasteiger partial charge in [-0.1, -0.05) is 24.3 Å². The Hall–Kier alpha value is -1.78. The van der Waals surface area contributed by atoms with Crippen molar-refractivity contribution >= 4 is 29.3 Å². The number of ether oxygens (including phenoxy) is 1. The van der Waals surface area contributed by atoms with Crippen LogP contribution in [0.25, 0.3) is 10.9 Å². The van der Waals surface area contributed by atoms with Gasteiger partial charge in [0.05, 0.1) is 7.11 Å². The minimum absolute atomic E-state index is 0. The molecule has 2 rings (SSSR count). The van der Waals surface area contributed by atoms with Crippen molar-refractivity contribution in [2.45, 2.75) is 19.0 Å². The van der Waals surface area contributed by atoms with E-state index >= 15 is 0 Å². The fourth-order valence-corrected chi connectivity index (χ4v) is 2.25. The first-order valence-corrected chi connectivity index (χ1v) is 6.18. The van der Waals surface area contributed by atoms with Gasteiger partial charge in [0.1, 0.15) is 6.04 Å². The molecule has 20 heavy (non-hydrogen) atoms. The van der Waals surface area contributed by atoms with Gasteiger partial charge in [-0.2, -0.15) is 0 Å². The fourth-order valence-electron chi connectivity index (χ4n) is 2.25. The standard InChI is InChI=1S/C15H18N2O2.ClH/c1-3-8-17-10-11(9-13(16)15(18)19-2)12-6-4-5-7-14(12)17;/h3-7,10,13H,1,8-9,16H2,2H3;1H/t13-;/m0./s1. The zero-order valence-electron chi connectivity index (χ0n) is 11.4. The van der Waals surface area contributed by atoms with Crippen LogP contribution in [0.1, 0.15) is 5.56 Å². The second-order valence-electron chi connectivity index (χ2n) is 4.45. The third-order valence-electron chi connectivity index (χ3n) is 3.14. The zero-order chi connectivity index (χ0) is 13.8. The summed E-state index contributed by atoms with van der Waals surface area (Å²) in [5, 5.41) is 1.11. The lowest BCUT2D eigenvalue weighted by Gasteiger charge is -2.07. The molecule has 5 heteroatoms. The maximum atomic E-state index is 11.4. The maximum absolute atomic E-state index is 11.4. The summed E-state index contributed by atoms with van der Waals surface area (Å²) in [6, 6.07) is 7.42. The number of aromatic nitrogens is 1. The SMILES string of the molecule is C=CCn1cc(C[C@H](N)C(=O)OC)c2ccccc21.Cl. The number of nitrogens with two attached hydrogens (primary N) is 1. The molecule has 0 aliphatic heterocycles. The van der Waals surface area contributed by atoms with E-state index in [4.69, 9.17) is 5.73 Å². The van der Waals surface area contributed by atoms with E-state index in [1.54, 1.807) is 0 Å². The van der Waals surface area contributed by atoms with Gasteiger partial charge in [-0.25, -0.2) is 0 Å². The van der Waals surface area contributed by atoms with Gasteiger partial charge in [-0.05, 0) is 11.6 Å². The first-order chi connectivity index (χ1) is 9.17. The number of halogens is 1. The van der Waals surface area contributed by atoms with Crippen LogP contribution in [0, 0.1) is 0 Å². The highest BCUT2D eigenvalue weighted by Crippen LogP contribution is 2.22. The van der Waals surface area contributed by atoms with Crippen molar-refractivity contribution in [3.8, 4) is 0 Å². The second kappa shape index (κ2) is 7.12. The average molecular weight is 295 g/mol. The van der Waals surface area contributed by atoms with Crippen molar-refractivity contribution < 1.29 is 9.53 Å². The molecule has 0 saturated heterocycles. The Morgan fingerprint density at radius 1 is 1.50 bits per heavy atom. The number of rotatable bonds is 5. The molecule has 0 fully saturated rings. The fraction of sp³-hybridized carbons (Fsp3) is 0.267. The van der Waals surface area contributed by atoms with Crippen LogP contribution in [0.5, 0.6) is 0 Å². The minimum Gasteiger partial charge on any atom is -0.468 e. The number of carbonyl (C=O) groups is 1. The van der Waals surface area contributed by atoms with E-state index in [9.17, 15) is 4.79 Å². The summed E-state index contributed by atoms with van der Waals surface area (Å²) in [6.07, 6.45) is 4.34. The minimum atomic E-state index is -0.631. The molecule has 0 unspecified atom stereocenters. The molecule has 1 aromatic heterocycles. The largest absolute Gasteiger partial charge is 0.468 e. The molecule has 0 aliphatic carbocycles. The molecule has 0 spiro atoms. The molecule has 1 aromatic carbocycles. The van der Waals surface area contributed by atoms with Gasteiger partial charge in [0.15, 0.2) is 0 Å². The summed E-state index contributed by atoms with van der Waals surface area (Å²) in [5.74, 6) is -0.388. The third kappa shape index (κ3) is 3.21. The summed E-state index contributed by atoms with van der Waals surface area (Å²) in [5.41, 5.74) is 8.00. The summed E-state index contributed by atoms with van der Waals surface area (Å²) < 4.78 is 6.76. The normalized spacial score (nSPS) is 11.7. The number of carbonyl (C=O) groups excluding carboxylic acids is 1. The number of nitrogens with zero attached hydrogens (tertiary/aromatic N) is 1. The molecule has 108 valence electrons. The first-order valence-electron chi connectivity index (χ1n) is 6.18. The van der Waals surface area contributed by atoms with Gasteiger partial charge in [0.25, 0.3) is 0 Å². The summed E-state index contributed by atoms with van der Waals surface area (Å²) >= 11 is 0. The van der Waals surface area contributed by atoms with E-state index in [1.807, 2.05) is 36.5 Å². The first kappa shape index (κ1) is 16.3. The molecule has 0 aliphatic rings. The highest BCUT2D eigenvalue weighted by Gasteiger charge is 2.17. The van der Waals surface area contributed by atoms with Crippen molar-refractivity contribution in [2.75, 3.05) is 7.11 Å². The van der Waals surface area contributed by atoms with E-state index in [1.165, 1.54) is 7.11 Å². The Kier molecular flexibility index (Phi) is 5.80. The Morgan fingerprint density at radius 2 is 2.20 bits per heavy atom. The molecule has 1 heterocycles. The van der Waals surface area contributed by atoms with Gasteiger partial charge in [-0.3, -0.25) is 4.79 Å². The number of esters is 1. The molecule has 0 radical (unpaired) electrons. The van der Waals surface area contributed by atoms with E-state index in [-0.39, 0.29) is 18.4 Å². The Balaban J connectivity index is 0.00000200. The number of hydrogen-bond acceptors (Lipinski definition) is 3. The lowest BCUT2D eigenvalue weighted by molar-refractivity contribution is -0.142. The van der Waals surface area contributed by atoms with Crippen LogP contribution in [0.2, 0.25) is 0 Å². The van der Waals surface area contributed by atoms with Crippen LogP contribution in [0.3, 0.4) is 0 Å². The zero-order valence-corrected chi connectivity index (χ0v) is 12.2. The van der Waals surface area contributed by atoms with Gasteiger partial charge >= 0.3 is 5.97 Å². The van der Waals surface area contributed by atoms with Crippen LogP contribution >= 0.6 is 12.4 Å². The summed E-state index contributed by atoms with van der Waals surface area (Å²) in [4.78, 5) is 11.4. The van der Waals surface area contributed by atoms with Crippen LogP contribution < -0.4 is 5.73 Å². The molecule has 0 bridgehead atoms. The van der Waals surface area contributed by atoms with Gasteiger partial charge in [-0.15, -0.1) is 19.0 Å². The van der Waals surface area contributed by atoms with Gasteiger partial charge in [0, 0.05) is 30.1 Å². The molecule has 0 saturated carbocycles. The smallest absolute Gasteiger partial charge is 0.322 e. The molecule has 0 amide bonds. The molecule has 1 atom stereocenters. The van der Waals surface area contributed by atoms with Crippen molar-refractivity contribution in [1.82, 2.24) is 4.57 Å². The highest BCUT2D eigenvalue weighted by atomic mass is 35.5. The number of methoxy groups -OCH3 is 1. The molecular weight excluding hydrogens is 276 g/mol. The molecule has 2 N–H and O–H groups in total. The van der Waals surface area contributed by atoms with Crippen molar-refractivity contribution in [3.05, 3.63) is 48.7 Å². The number of para-hydroxylation sites is 1. The van der Waals surface area contributed by atoms with Crippen molar-refractivity contribution in [2.24, 2.45) is 5.73 Å². The monoisotopic (exact) mass is 294 g/mol. The summed E-state index contributed by atoms with van der Waals surface area (Å²) in [7, 11) is 1.35. The third-order valence-corrected chi connectivity index (χ3v) is 3.14. The van der Waals surface area contributed by atoms with Gasteiger partial charge < -0.3 is 15.0 Å². The number of benzene rings is 1. The average Bonchev–Trinajstić information content (AvgIpc) is 2.77. The van der Waals surface area contributed by atoms with Crippen LogP contribution in [0.15, 0.2) is 43.1 Å². The van der Waals surface area contributed by atoms with Crippen LogP contribution in [0.4, 0.5) is 0 Å². The van der Waals surface area contributed by atoms with E-state index in [2.05, 4.69) is 15.9 Å². The van der Waals surface area contributed by atoms with E-state index in [0.717, 1.165) is 23.0 Å². The molecule has 4 nitrogen and oxygen atoms in total. The van der Waals surface area contributed by atoms with Gasteiger partial charge in [0.2, 0.25) is 0 Å². The van der Waals surface area contributed by atoms with E-state index in [0.29, 0.717) is 6.42 Å². The number of fused-ring (bicyclic) bond motifs is 1. The summed E-state index contributed by atoms with van der Waals surface area (Å²) in [6.45, 7) is 4.48. The van der Waals surface area contributed by atoms with Crippen LogP contribution in [-0.2, 0) is 22.5 Å².